The molecule has 0 unspecified atom stereocenters. The Morgan fingerprint density at radius 1 is 1.11 bits per heavy atom. The second kappa shape index (κ2) is 3.89. The summed E-state index contributed by atoms with van der Waals surface area (Å²) in [6.45, 7) is 1.95. The van der Waals surface area contributed by atoms with Crippen LogP contribution in [0.1, 0.15) is 49.1 Å². The van der Waals surface area contributed by atoms with E-state index >= 15 is 0 Å². The van der Waals surface area contributed by atoms with E-state index in [2.05, 4.69) is 0 Å². The third kappa shape index (κ3) is 1.46. The number of rotatable bonds is 2. The molecule has 98 valence electrons. The van der Waals surface area contributed by atoms with Crippen molar-refractivity contribution >= 4 is 0 Å². The van der Waals surface area contributed by atoms with Crippen LogP contribution in [0.3, 0.4) is 0 Å². The fourth-order valence-corrected chi connectivity index (χ4v) is 3.86. The van der Waals surface area contributed by atoms with E-state index in [1.807, 2.05) is 19.1 Å². The molecular formula is C15H20O3. The summed E-state index contributed by atoms with van der Waals surface area (Å²) in [5, 5.41) is 10.6. The zero-order valence-electron chi connectivity index (χ0n) is 11.2. The van der Waals surface area contributed by atoms with E-state index in [-0.39, 0.29) is 5.92 Å². The Kier molecular flexibility index (Phi) is 2.56. The fourth-order valence-electron chi connectivity index (χ4n) is 3.86. The number of methoxy groups -OCH3 is 2. The molecule has 1 aromatic carbocycles. The number of fused-ring (bicyclic) bond motifs is 2. The van der Waals surface area contributed by atoms with Gasteiger partial charge in [-0.25, -0.2) is 0 Å². The molecule has 0 saturated heterocycles. The van der Waals surface area contributed by atoms with Gasteiger partial charge in [-0.2, -0.15) is 0 Å². The molecule has 3 nitrogen and oxygen atoms in total. The molecule has 3 aliphatic carbocycles. The zero-order valence-corrected chi connectivity index (χ0v) is 11.2. The first-order chi connectivity index (χ1) is 8.58. The molecule has 2 bridgehead atoms. The molecule has 0 aromatic heterocycles. The summed E-state index contributed by atoms with van der Waals surface area (Å²) in [5.74, 6) is 2.39. The van der Waals surface area contributed by atoms with Gasteiger partial charge in [0.05, 0.1) is 19.8 Å². The molecule has 4 rings (SSSR count). The lowest BCUT2D eigenvalue weighted by molar-refractivity contribution is -0.0182. The lowest BCUT2D eigenvalue weighted by Crippen LogP contribution is -2.43. The van der Waals surface area contributed by atoms with Crippen LogP contribution in [-0.2, 0) is 0 Å². The minimum absolute atomic E-state index is 0.169. The molecule has 0 amide bonds. The molecule has 0 radical (unpaired) electrons. The maximum atomic E-state index is 10.6. The van der Waals surface area contributed by atoms with E-state index < -0.39 is 5.60 Å². The molecule has 3 atom stereocenters. The normalized spacial score (nSPS) is 33.1. The maximum absolute atomic E-state index is 10.6. The van der Waals surface area contributed by atoms with Gasteiger partial charge in [0, 0.05) is 17.0 Å². The summed E-state index contributed by atoms with van der Waals surface area (Å²) in [7, 11) is 3.40. The number of hydrogen-bond donors (Lipinski definition) is 1. The van der Waals surface area contributed by atoms with Crippen molar-refractivity contribution in [1.82, 2.24) is 0 Å². The van der Waals surface area contributed by atoms with Gasteiger partial charge in [-0.1, -0.05) is 0 Å². The first-order valence-corrected chi connectivity index (χ1v) is 6.55. The quantitative estimate of drug-likeness (QED) is 0.874. The summed E-state index contributed by atoms with van der Waals surface area (Å²) in [6, 6.07) is 3.93. The van der Waals surface area contributed by atoms with Crippen LogP contribution in [0.25, 0.3) is 0 Å². The van der Waals surface area contributed by atoms with E-state index in [1.165, 1.54) is 11.1 Å². The second-order valence-electron chi connectivity index (χ2n) is 5.69. The second-order valence-corrected chi connectivity index (χ2v) is 5.69. The van der Waals surface area contributed by atoms with E-state index in [9.17, 15) is 5.11 Å². The summed E-state index contributed by atoms with van der Waals surface area (Å²) in [6.07, 6.45) is 3.00. The smallest absolute Gasteiger partial charge is 0.122 e. The van der Waals surface area contributed by atoms with Gasteiger partial charge in [-0.15, -0.1) is 0 Å². The Morgan fingerprint density at radius 2 is 1.72 bits per heavy atom. The van der Waals surface area contributed by atoms with Crippen LogP contribution < -0.4 is 9.47 Å². The lowest BCUT2D eigenvalue weighted by Gasteiger charge is -2.48. The highest BCUT2D eigenvalue weighted by atomic mass is 16.5. The number of ether oxygens (including phenoxy) is 2. The van der Waals surface area contributed by atoms with Gasteiger partial charge in [0.15, 0.2) is 0 Å². The van der Waals surface area contributed by atoms with Gasteiger partial charge in [0.25, 0.3) is 0 Å². The predicted molar refractivity (Wildman–Crippen MR) is 69.5 cm³/mol. The van der Waals surface area contributed by atoms with Gasteiger partial charge in [0.2, 0.25) is 0 Å². The van der Waals surface area contributed by atoms with Gasteiger partial charge in [-0.3, -0.25) is 0 Å². The molecular weight excluding hydrogens is 228 g/mol. The molecule has 0 spiro atoms. The van der Waals surface area contributed by atoms with Crippen molar-refractivity contribution < 1.29 is 14.6 Å². The summed E-state index contributed by atoms with van der Waals surface area (Å²) in [4.78, 5) is 0. The fraction of sp³-hybridized carbons (Fsp3) is 0.600. The van der Waals surface area contributed by atoms with Crippen LogP contribution >= 0.6 is 0 Å². The third-order valence-electron chi connectivity index (χ3n) is 4.62. The maximum Gasteiger partial charge on any atom is 0.122 e. The predicted octanol–water partition coefficient (Wildman–Crippen LogP) is 2.82. The molecule has 1 aromatic rings. The van der Waals surface area contributed by atoms with E-state index in [1.54, 1.807) is 14.2 Å². The van der Waals surface area contributed by atoms with Crippen LogP contribution in [0.4, 0.5) is 0 Å². The molecule has 18 heavy (non-hydrogen) atoms. The topological polar surface area (TPSA) is 38.7 Å². The summed E-state index contributed by atoms with van der Waals surface area (Å²) < 4.78 is 11.0. The van der Waals surface area contributed by atoms with Crippen LogP contribution in [0.5, 0.6) is 11.5 Å². The Hall–Kier alpha value is -1.22. The Balaban J connectivity index is 2.24. The largest absolute Gasteiger partial charge is 0.496 e. The monoisotopic (exact) mass is 248 g/mol. The van der Waals surface area contributed by atoms with Crippen LogP contribution in [0, 0.1) is 0 Å². The molecule has 3 heteroatoms. The first-order valence-electron chi connectivity index (χ1n) is 6.55. The first kappa shape index (κ1) is 11.8. The lowest BCUT2D eigenvalue weighted by atomic mass is 9.59. The van der Waals surface area contributed by atoms with Crippen LogP contribution in [0.2, 0.25) is 0 Å². The number of hydrogen-bond acceptors (Lipinski definition) is 3. The van der Waals surface area contributed by atoms with Crippen molar-refractivity contribution in [1.29, 1.82) is 0 Å². The molecule has 0 heterocycles. The van der Waals surface area contributed by atoms with Crippen molar-refractivity contribution in [2.24, 2.45) is 0 Å². The molecule has 0 aliphatic heterocycles. The van der Waals surface area contributed by atoms with Crippen molar-refractivity contribution in [2.45, 2.75) is 43.6 Å². The average Bonchev–Trinajstić information content (AvgIpc) is 2.36. The molecule has 3 aliphatic rings. The Labute approximate surface area is 108 Å². The minimum atomic E-state index is -0.616. The molecule has 1 saturated carbocycles. The van der Waals surface area contributed by atoms with Gasteiger partial charge >= 0.3 is 0 Å². The zero-order chi connectivity index (χ0) is 12.9. The standard InChI is InChI=1S/C15H20O3/c1-15(16)8-9-4-5-10(15)14-12(18-3)7-6-11(17-2)13(9)14/h6-7,9-10,16H,4-5,8H2,1-3H3/t9-,10+,15-/m0/s1. The van der Waals surface area contributed by atoms with Crippen molar-refractivity contribution in [3.63, 3.8) is 0 Å². The highest BCUT2D eigenvalue weighted by Gasteiger charge is 2.48. The SMILES string of the molecule is COc1ccc(OC)c2c1[C@H]1CC[C@H]2[C@@](C)(O)C1. The highest BCUT2D eigenvalue weighted by Crippen LogP contribution is 2.58. The van der Waals surface area contributed by atoms with Crippen molar-refractivity contribution in [3.8, 4) is 11.5 Å². The Morgan fingerprint density at radius 3 is 2.28 bits per heavy atom. The van der Waals surface area contributed by atoms with E-state index in [4.69, 9.17) is 9.47 Å². The van der Waals surface area contributed by atoms with Gasteiger partial charge in [0.1, 0.15) is 11.5 Å². The van der Waals surface area contributed by atoms with Crippen LogP contribution in [0.15, 0.2) is 12.1 Å². The highest BCUT2D eigenvalue weighted by molar-refractivity contribution is 5.56. The molecule has 1 N–H and O–H groups in total. The number of benzene rings is 1. The number of aliphatic hydroxyl groups is 1. The summed E-state index contributed by atoms with van der Waals surface area (Å²) in [5.41, 5.74) is 1.82. The average molecular weight is 248 g/mol. The third-order valence-corrected chi connectivity index (χ3v) is 4.62. The van der Waals surface area contributed by atoms with Crippen LogP contribution in [-0.4, -0.2) is 24.9 Å². The van der Waals surface area contributed by atoms with Gasteiger partial charge in [-0.05, 0) is 44.2 Å². The van der Waals surface area contributed by atoms with Gasteiger partial charge < -0.3 is 14.6 Å². The van der Waals surface area contributed by atoms with E-state index in [0.717, 1.165) is 30.8 Å². The van der Waals surface area contributed by atoms with E-state index in [0.29, 0.717) is 5.92 Å². The Bertz CT molecular complexity index is 479. The minimum Gasteiger partial charge on any atom is -0.496 e. The van der Waals surface area contributed by atoms with Crippen molar-refractivity contribution in [3.05, 3.63) is 23.3 Å². The molecule has 1 fully saturated rings. The summed E-state index contributed by atoms with van der Waals surface area (Å²) >= 11 is 0. The van der Waals surface area contributed by atoms with Crippen molar-refractivity contribution in [2.75, 3.05) is 14.2 Å².